The van der Waals surface area contributed by atoms with E-state index in [0.29, 0.717) is 6.42 Å². The lowest BCUT2D eigenvalue weighted by Gasteiger charge is -2.19. The fraction of sp³-hybridized carbons (Fsp3) is 0.923. The molecule has 62 heavy (non-hydrogen) atoms. The van der Waals surface area contributed by atoms with E-state index < -0.39 is 26.5 Å². The highest BCUT2D eigenvalue weighted by Crippen LogP contribution is 2.43. The van der Waals surface area contributed by atoms with Gasteiger partial charge >= 0.3 is 19.8 Å². The fourth-order valence-electron chi connectivity index (χ4n) is 7.93. The largest absolute Gasteiger partial charge is 0.472 e. The van der Waals surface area contributed by atoms with Gasteiger partial charge in [-0.25, -0.2) is 4.57 Å². The minimum absolute atomic E-state index is 0.0569. The molecule has 0 aromatic heterocycles. The first-order valence-corrected chi connectivity index (χ1v) is 28.2. The molecule has 10 heteroatoms. The molecule has 0 spiro atoms. The van der Waals surface area contributed by atoms with Crippen LogP contribution in [0.25, 0.3) is 0 Å². The maximum atomic E-state index is 12.6. The quantitative estimate of drug-likeness (QED) is 0.0265. The van der Waals surface area contributed by atoms with E-state index in [4.69, 9.17) is 24.3 Å². The molecule has 2 atom stereocenters. The number of unbranched alkanes of at least 4 members (excludes halogenated alkanes) is 36. The van der Waals surface area contributed by atoms with Crippen LogP contribution in [0.1, 0.15) is 277 Å². The van der Waals surface area contributed by atoms with Crippen molar-refractivity contribution in [1.29, 1.82) is 0 Å². The normalized spacial score (nSPS) is 13.2. The molecule has 0 aliphatic carbocycles. The van der Waals surface area contributed by atoms with E-state index in [1.54, 1.807) is 0 Å². The standard InChI is InChI=1S/C52H102NO8P/c1-3-5-7-9-11-12-13-14-15-16-17-18-19-20-21-22-23-24-25-26-27-28-29-30-31-32-33-34-35-36-37-38-39-41-43-45-52(55)61-50(49-60-62(56,57)59-47-46-53)48-58-51(54)44-42-40-10-8-6-4-2/h16-17,50H,3-15,18-49,53H2,1-2H3,(H,56,57)/b17-16-. The Balaban J connectivity index is 3.66. The molecular formula is C52H102NO8P. The first kappa shape index (κ1) is 60.8. The molecule has 368 valence electrons. The van der Waals surface area contributed by atoms with Gasteiger partial charge in [0.05, 0.1) is 13.2 Å². The van der Waals surface area contributed by atoms with Gasteiger partial charge in [0, 0.05) is 19.4 Å². The first-order chi connectivity index (χ1) is 30.3. The molecule has 2 unspecified atom stereocenters. The van der Waals surface area contributed by atoms with Gasteiger partial charge in [-0.05, 0) is 38.5 Å². The lowest BCUT2D eigenvalue weighted by atomic mass is 10.0. The van der Waals surface area contributed by atoms with Gasteiger partial charge in [-0.15, -0.1) is 0 Å². The van der Waals surface area contributed by atoms with Gasteiger partial charge in [-0.3, -0.25) is 18.6 Å². The van der Waals surface area contributed by atoms with Crippen molar-refractivity contribution in [3.05, 3.63) is 12.2 Å². The molecule has 0 saturated carbocycles. The highest BCUT2D eigenvalue weighted by Gasteiger charge is 2.26. The van der Waals surface area contributed by atoms with Crippen molar-refractivity contribution in [1.82, 2.24) is 0 Å². The second-order valence-electron chi connectivity index (χ2n) is 18.1. The van der Waals surface area contributed by atoms with Crippen molar-refractivity contribution in [3.63, 3.8) is 0 Å². The Hall–Kier alpha value is -1.25. The average Bonchev–Trinajstić information content (AvgIpc) is 3.26. The van der Waals surface area contributed by atoms with Gasteiger partial charge < -0.3 is 20.1 Å². The van der Waals surface area contributed by atoms with Gasteiger partial charge in [0.1, 0.15) is 6.61 Å². The van der Waals surface area contributed by atoms with E-state index in [1.165, 1.54) is 205 Å². The number of ether oxygens (including phenoxy) is 2. The maximum Gasteiger partial charge on any atom is 0.472 e. The third-order valence-corrected chi connectivity index (χ3v) is 12.9. The van der Waals surface area contributed by atoms with Crippen molar-refractivity contribution in [2.75, 3.05) is 26.4 Å². The Morgan fingerprint density at radius 3 is 1.15 bits per heavy atom. The number of rotatable bonds is 51. The summed E-state index contributed by atoms with van der Waals surface area (Å²) in [5.74, 6) is -0.824. The molecule has 0 radical (unpaired) electrons. The van der Waals surface area contributed by atoms with Crippen LogP contribution < -0.4 is 5.73 Å². The number of carbonyl (C=O) groups excluding carboxylic acids is 2. The predicted molar refractivity (Wildman–Crippen MR) is 261 cm³/mol. The Morgan fingerprint density at radius 2 is 0.790 bits per heavy atom. The molecule has 0 saturated heterocycles. The van der Waals surface area contributed by atoms with Gasteiger partial charge in [-0.1, -0.05) is 238 Å². The fourth-order valence-corrected chi connectivity index (χ4v) is 8.69. The van der Waals surface area contributed by atoms with Gasteiger partial charge in [0.25, 0.3) is 0 Å². The Kier molecular flexibility index (Phi) is 48.2. The topological polar surface area (TPSA) is 134 Å². The lowest BCUT2D eigenvalue weighted by molar-refractivity contribution is -0.161. The third kappa shape index (κ3) is 48.2. The van der Waals surface area contributed by atoms with Gasteiger partial charge in [-0.2, -0.15) is 0 Å². The molecule has 3 N–H and O–H groups in total. The SMILES string of the molecule is CCCCCCCCCC/C=C\CCCCCCCCCCCCCCCCCCCCCCCCCC(=O)OC(COC(=O)CCCCCCCC)COP(=O)(O)OCCN. The smallest absolute Gasteiger partial charge is 0.462 e. The summed E-state index contributed by atoms with van der Waals surface area (Å²) in [5, 5.41) is 0. The average molecular weight is 900 g/mol. The molecule has 0 fully saturated rings. The summed E-state index contributed by atoms with van der Waals surface area (Å²) in [5.41, 5.74) is 5.34. The van der Waals surface area contributed by atoms with Crippen LogP contribution in [0, 0.1) is 0 Å². The van der Waals surface area contributed by atoms with E-state index in [-0.39, 0.29) is 38.6 Å². The Morgan fingerprint density at radius 1 is 0.468 bits per heavy atom. The Labute approximate surface area is 383 Å². The summed E-state index contributed by atoms with van der Waals surface area (Å²) in [6, 6.07) is 0. The zero-order valence-corrected chi connectivity index (χ0v) is 41.8. The maximum absolute atomic E-state index is 12.6. The highest BCUT2D eigenvalue weighted by molar-refractivity contribution is 7.47. The molecule has 0 heterocycles. The minimum Gasteiger partial charge on any atom is -0.462 e. The summed E-state index contributed by atoms with van der Waals surface area (Å²) in [4.78, 5) is 34.7. The zero-order chi connectivity index (χ0) is 45.3. The van der Waals surface area contributed by atoms with E-state index in [0.717, 1.165) is 38.5 Å². The number of phosphoric ester groups is 1. The van der Waals surface area contributed by atoms with Crippen LogP contribution in [0.5, 0.6) is 0 Å². The van der Waals surface area contributed by atoms with Crippen molar-refractivity contribution in [2.45, 2.75) is 283 Å². The van der Waals surface area contributed by atoms with Crippen molar-refractivity contribution in [3.8, 4) is 0 Å². The monoisotopic (exact) mass is 900 g/mol. The second kappa shape index (κ2) is 49.2. The van der Waals surface area contributed by atoms with Crippen molar-refractivity contribution < 1.29 is 37.6 Å². The van der Waals surface area contributed by atoms with E-state index in [1.807, 2.05) is 0 Å². The van der Waals surface area contributed by atoms with Crippen molar-refractivity contribution in [2.24, 2.45) is 5.73 Å². The number of esters is 2. The molecule has 0 aromatic carbocycles. The minimum atomic E-state index is -4.36. The van der Waals surface area contributed by atoms with Crippen LogP contribution >= 0.6 is 7.82 Å². The molecule has 0 amide bonds. The lowest BCUT2D eigenvalue weighted by Crippen LogP contribution is -2.29. The number of hydrogen-bond acceptors (Lipinski definition) is 8. The van der Waals surface area contributed by atoms with Crippen molar-refractivity contribution >= 4 is 19.8 Å². The zero-order valence-electron chi connectivity index (χ0n) is 40.9. The first-order valence-electron chi connectivity index (χ1n) is 26.7. The highest BCUT2D eigenvalue weighted by atomic mass is 31.2. The summed E-state index contributed by atoms with van der Waals surface area (Å²) < 4.78 is 32.7. The number of hydrogen-bond donors (Lipinski definition) is 2. The third-order valence-electron chi connectivity index (χ3n) is 11.9. The summed E-state index contributed by atoms with van der Waals surface area (Å²) in [7, 11) is -4.36. The van der Waals surface area contributed by atoms with Crippen LogP contribution in [0.3, 0.4) is 0 Å². The second-order valence-corrected chi connectivity index (χ2v) is 19.6. The molecule has 0 aromatic rings. The van der Waals surface area contributed by atoms with Gasteiger partial charge in [0.15, 0.2) is 6.10 Å². The number of nitrogens with two attached hydrogens (primary N) is 1. The van der Waals surface area contributed by atoms with E-state index in [2.05, 4.69) is 26.0 Å². The van der Waals surface area contributed by atoms with Crippen LogP contribution in [0.15, 0.2) is 12.2 Å². The number of carbonyl (C=O) groups is 2. The molecule has 9 nitrogen and oxygen atoms in total. The Bertz CT molecular complexity index is 1030. The molecular weight excluding hydrogens is 798 g/mol. The molecule has 0 rings (SSSR count). The molecule has 0 aliphatic rings. The van der Waals surface area contributed by atoms with Crippen LogP contribution in [-0.2, 0) is 32.7 Å². The van der Waals surface area contributed by atoms with Crippen LogP contribution in [0.2, 0.25) is 0 Å². The molecule has 0 aliphatic heterocycles. The summed E-state index contributed by atoms with van der Waals surface area (Å²) in [6.45, 7) is 3.70. The van der Waals surface area contributed by atoms with E-state index >= 15 is 0 Å². The van der Waals surface area contributed by atoms with E-state index in [9.17, 15) is 19.0 Å². The van der Waals surface area contributed by atoms with Crippen LogP contribution in [-0.4, -0.2) is 49.3 Å². The van der Waals surface area contributed by atoms with Gasteiger partial charge in [0.2, 0.25) is 0 Å². The van der Waals surface area contributed by atoms with Crippen LogP contribution in [0.4, 0.5) is 0 Å². The number of allylic oxidation sites excluding steroid dienone is 2. The summed E-state index contributed by atoms with van der Waals surface area (Å²) >= 11 is 0. The summed E-state index contributed by atoms with van der Waals surface area (Å²) in [6.07, 6.45) is 54.8. The molecule has 0 bridgehead atoms. The predicted octanol–water partition coefficient (Wildman–Crippen LogP) is 16.1. The number of phosphoric acid groups is 1.